The smallest absolute Gasteiger partial charge is 0.346 e. The lowest BCUT2D eigenvalue weighted by molar-refractivity contribution is -0.143. The van der Waals surface area contributed by atoms with Gasteiger partial charge in [-0.3, -0.25) is 4.79 Å². The van der Waals surface area contributed by atoms with Gasteiger partial charge in [-0.15, -0.1) is 0 Å². The zero-order chi connectivity index (χ0) is 19.8. The number of halogens is 6. The van der Waals surface area contributed by atoms with Crippen LogP contribution in [0.1, 0.15) is 51.6 Å². The summed E-state index contributed by atoms with van der Waals surface area (Å²) in [5.41, 5.74) is -2.59. The number of alkyl halides is 6. The van der Waals surface area contributed by atoms with Crippen molar-refractivity contribution in [3.05, 3.63) is 58.7 Å². The molecule has 144 valence electrons. The second-order valence-corrected chi connectivity index (χ2v) is 6.19. The molecule has 0 saturated heterocycles. The monoisotopic (exact) mass is 389 g/mol. The number of hydrogen-bond donors (Lipinski definition) is 1. The van der Waals surface area contributed by atoms with Crippen LogP contribution in [-0.4, -0.2) is 15.9 Å². The van der Waals surface area contributed by atoms with Gasteiger partial charge >= 0.3 is 12.4 Å². The summed E-state index contributed by atoms with van der Waals surface area (Å²) in [6.45, 7) is -0.140. The quantitative estimate of drug-likeness (QED) is 0.793. The maximum atomic E-state index is 12.9. The molecule has 0 spiro atoms. The highest BCUT2D eigenvalue weighted by atomic mass is 19.4. The van der Waals surface area contributed by atoms with E-state index in [2.05, 4.69) is 15.3 Å². The van der Waals surface area contributed by atoms with Crippen LogP contribution in [0.4, 0.5) is 26.3 Å². The van der Waals surface area contributed by atoms with Gasteiger partial charge in [0.25, 0.3) is 5.91 Å². The molecule has 4 nitrogen and oxygen atoms in total. The number of hydrogen-bond acceptors (Lipinski definition) is 3. The summed E-state index contributed by atoms with van der Waals surface area (Å²) in [6.07, 6.45) is -6.73. The van der Waals surface area contributed by atoms with Gasteiger partial charge in [-0.1, -0.05) is 0 Å². The van der Waals surface area contributed by atoms with Crippen LogP contribution in [0.2, 0.25) is 0 Å². The van der Waals surface area contributed by atoms with Crippen LogP contribution < -0.4 is 5.32 Å². The van der Waals surface area contributed by atoms with Crippen molar-refractivity contribution in [2.75, 3.05) is 0 Å². The largest absolute Gasteiger partial charge is 0.416 e. The lowest BCUT2D eigenvalue weighted by atomic mass is 10.0. The third-order valence-electron chi connectivity index (χ3n) is 4.02. The van der Waals surface area contributed by atoms with Gasteiger partial charge in [-0.25, -0.2) is 9.97 Å². The minimum absolute atomic E-state index is 0.0247. The van der Waals surface area contributed by atoms with E-state index in [0.717, 1.165) is 18.5 Å². The molecule has 0 unspecified atom stereocenters. The molecule has 1 aliphatic carbocycles. The number of rotatable bonds is 4. The molecule has 0 aliphatic heterocycles. The molecule has 10 heteroatoms. The van der Waals surface area contributed by atoms with Crippen LogP contribution >= 0.6 is 0 Å². The van der Waals surface area contributed by atoms with E-state index in [0.29, 0.717) is 23.7 Å². The molecule has 3 rings (SSSR count). The standard InChI is InChI=1S/C17H13F6N3O/c18-16(19,20)11-3-10(4-12(5-11)17(21,22)23)15(27)24-7-13-6-14(9-1-2-9)26-8-25-13/h3-6,8-9H,1-2,7H2,(H,24,27). The molecule has 27 heavy (non-hydrogen) atoms. The Hall–Kier alpha value is -2.65. The molecule has 2 aromatic rings. The van der Waals surface area contributed by atoms with E-state index >= 15 is 0 Å². The number of aromatic nitrogens is 2. The van der Waals surface area contributed by atoms with Crippen molar-refractivity contribution >= 4 is 5.91 Å². The summed E-state index contributed by atoms with van der Waals surface area (Å²) < 4.78 is 77.2. The van der Waals surface area contributed by atoms with Crippen LogP contribution in [0.5, 0.6) is 0 Å². The molecule has 1 heterocycles. The molecule has 1 amide bonds. The number of carbonyl (C=O) groups is 1. The summed E-state index contributed by atoms with van der Waals surface area (Å²) >= 11 is 0. The Balaban J connectivity index is 1.80. The summed E-state index contributed by atoms with van der Waals surface area (Å²) in [4.78, 5) is 20.2. The molecule has 0 radical (unpaired) electrons. The van der Waals surface area contributed by atoms with Crippen molar-refractivity contribution in [1.29, 1.82) is 0 Å². The highest BCUT2D eigenvalue weighted by molar-refractivity contribution is 5.94. The minimum Gasteiger partial charge on any atom is -0.346 e. The van der Waals surface area contributed by atoms with E-state index in [1.807, 2.05) is 0 Å². The number of nitrogens with one attached hydrogen (secondary N) is 1. The zero-order valence-electron chi connectivity index (χ0n) is 13.7. The molecule has 1 fully saturated rings. The maximum absolute atomic E-state index is 12.9. The first-order chi connectivity index (χ1) is 12.5. The van der Waals surface area contributed by atoms with Crippen LogP contribution in [0.15, 0.2) is 30.6 Å². The summed E-state index contributed by atoms with van der Waals surface area (Å²) in [6, 6.07) is 2.41. The van der Waals surface area contributed by atoms with Crippen LogP contribution in [0.3, 0.4) is 0 Å². The summed E-state index contributed by atoms with van der Waals surface area (Å²) in [7, 11) is 0. The van der Waals surface area contributed by atoms with E-state index in [-0.39, 0.29) is 12.6 Å². The van der Waals surface area contributed by atoms with E-state index in [1.165, 1.54) is 6.33 Å². The first-order valence-corrected chi connectivity index (χ1v) is 7.92. The second-order valence-electron chi connectivity index (χ2n) is 6.19. The lowest BCUT2D eigenvalue weighted by Gasteiger charge is -2.14. The van der Waals surface area contributed by atoms with Gasteiger partial charge in [0.2, 0.25) is 0 Å². The number of nitrogens with zero attached hydrogens (tertiary/aromatic N) is 2. The highest BCUT2D eigenvalue weighted by Gasteiger charge is 2.37. The van der Waals surface area contributed by atoms with Crippen molar-refractivity contribution in [2.24, 2.45) is 0 Å². The van der Waals surface area contributed by atoms with Gasteiger partial charge in [-0.2, -0.15) is 26.3 Å². The Labute approximate surface area is 149 Å². The van der Waals surface area contributed by atoms with Gasteiger partial charge in [0.05, 0.1) is 23.4 Å². The normalized spacial score (nSPS) is 14.9. The second kappa shape index (κ2) is 6.82. The van der Waals surface area contributed by atoms with Gasteiger partial charge in [0.15, 0.2) is 0 Å². The topological polar surface area (TPSA) is 54.9 Å². The molecule has 1 N–H and O–H groups in total. The third-order valence-corrected chi connectivity index (χ3v) is 4.02. The maximum Gasteiger partial charge on any atom is 0.416 e. The van der Waals surface area contributed by atoms with Crippen molar-refractivity contribution < 1.29 is 31.1 Å². The van der Waals surface area contributed by atoms with E-state index in [4.69, 9.17) is 0 Å². The van der Waals surface area contributed by atoms with E-state index in [1.54, 1.807) is 6.07 Å². The minimum atomic E-state index is -5.01. The predicted molar refractivity (Wildman–Crippen MR) is 81.6 cm³/mol. The van der Waals surface area contributed by atoms with Crippen molar-refractivity contribution in [2.45, 2.75) is 37.7 Å². The first-order valence-electron chi connectivity index (χ1n) is 7.92. The molecule has 0 bridgehead atoms. The fourth-order valence-electron chi connectivity index (χ4n) is 2.47. The highest BCUT2D eigenvalue weighted by Crippen LogP contribution is 2.39. The summed E-state index contributed by atoms with van der Waals surface area (Å²) in [5, 5.41) is 2.30. The molecule has 0 atom stereocenters. The molecule has 1 aliphatic rings. The fraction of sp³-hybridized carbons (Fsp3) is 0.353. The van der Waals surface area contributed by atoms with E-state index < -0.39 is 35.0 Å². The fourth-order valence-corrected chi connectivity index (χ4v) is 2.47. The Morgan fingerprint density at radius 3 is 2.07 bits per heavy atom. The van der Waals surface area contributed by atoms with Crippen molar-refractivity contribution in [3.8, 4) is 0 Å². The average molecular weight is 389 g/mol. The van der Waals surface area contributed by atoms with Gasteiger partial charge in [0, 0.05) is 17.2 Å². The molecule has 1 saturated carbocycles. The Bertz CT molecular complexity index is 826. The SMILES string of the molecule is O=C(NCc1cc(C2CC2)ncn1)c1cc(C(F)(F)F)cc(C(F)(F)F)c1. The van der Waals surface area contributed by atoms with Gasteiger partial charge < -0.3 is 5.32 Å². The molecular weight excluding hydrogens is 376 g/mol. The zero-order valence-corrected chi connectivity index (χ0v) is 13.7. The molecular formula is C17H13F6N3O. The van der Waals surface area contributed by atoms with Crippen molar-refractivity contribution in [1.82, 2.24) is 15.3 Å². The first kappa shape index (κ1) is 19.1. The number of benzene rings is 1. The lowest BCUT2D eigenvalue weighted by Crippen LogP contribution is -2.25. The van der Waals surface area contributed by atoms with Gasteiger partial charge in [0.1, 0.15) is 6.33 Å². The summed E-state index contributed by atoms with van der Waals surface area (Å²) in [5.74, 6) is -0.724. The van der Waals surface area contributed by atoms with Crippen LogP contribution in [-0.2, 0) is 18.9 Å². The third kappa shape index (κ3) is 4.75. The Morgan fingerprint density at radius 1 is 0.963 bits per heavy atom. The Morgan fingerprint density at radius 2 is 1.56 bits per heavy atom. The molecule has 1 aromatic heterocycles. The predicted octanol–water partition coefficient (Wildman–Crippen LogP) is 4.32. The van der Waals surface area contributed by atoms with Crippen LogP contribution in [0, 0.1) is 0 Å². The Kier molecular flexibility index (Phi) is 4.83. The van der Waals surface area contributed by atoms with Crippen LogP contribution in [0.25, 0.3) is 0 Å². The molecule has 1 aromatic carbocycles. The number of carbonyl (C=O) groups excluding carboxylic acids is 1. The number of amides is 1. The van der Waals surface area contributed by atoms with E-state index in [9.17, 15) is 31.1 Å². The van der Waals surface area contributed by atoms with Crippen molar-refractivity contribution in [3.63, 3.8) is 0 Å². The average Bonchev–Trinajstić information content (AvgIpc) is 3.43. The van der Waals surface area contributed by atoms with Gasteiger partial charge in [-0.05, 0) is 37.1 Å².